The Balaban J connectivity index is 0.000000412. The van der Waals surface area contributed by atoms with Gasteiger partial charge >= 0.3 is 12.1 Å². The highest BCUT2D eigenvalue weighted by Gasteiger charge is 2.38. The summed E-state index contributed by atoms with van der Waals surface area (Å²) < 4.78 is 58.5. The minimum Gasteiger partial charge on any atom is -0.475 e. The third-order valence-electron chi connectivity index (χ3n) is 3.72. The van der Waals surface area contributed by atoms with Crippen LogP contribution in [0.3, 0.4) is 0 Å². The number of carbonyl (C=O) groups is 1. The summed E-state index contributed by atoms with van der Waals surface area (Å²) >= 11 is 0. The topological polar surface area (TPSA) is 105 Å². The zero-order valence-electron chi connectivity index (χ0n) is 14.7. The van der Waals surface area contributed by atoms with Crippen LogP contribution in [0.4, 0.5) is 13.2 Å². The lowest BCUT2D eigenvalue weighted by Crippen LogP contribution is -2.42. The van der Waals surface area contributed by atoms with Gasteiger partial charge in [-0.05, 0) is 26.3 Å². The molecule has 1 aliphatic rings. The first-order chi connectivity index (χ1) is 11.8. The summed E-state index contributed by atoms with van der Waals surface area (Å²) in [5.41, 5.74) is 1.20. The second-order valence-electron chi connectivity index (χ2n) is 6.20. The molecule has 1 unspecified atom stereocenters. The number of carboxylic acids is 1. The van der Waals surface area contributed by atoms with Gasteiger partial charge in [-0.15, -0.1) is 0 Å². The van der Waals surface area contributed by atoms with E-state index in [1.165, 1.54) is 11.9 Å². The summed E-state index contributed by atoms with van der Waals surface area (Å²) in [7, 11) is -3.11. The summed E-state index contributed by atoms with van der Waals surface area (Å²) in [6.07, 6.45) is -1.32. The second kappa shape index (κ2) is 8.82. The predicted molar refractivity (Wildman–Crippen MR) is 88.0 cm³/mol. The van der Waals surface area contributed by atoms with Gasteiger partial charge in [-0.2, -0.15) is 18.3 Å². The number of fused-ring (bicyclic) bond motifs is 1. The molecule has 0 radical (unpaired) electrons. The molecule has 2 N–H and O–H groups in total. The maximum Gasteiger partial charge on any atom is 0.490 e. The zero-order valence-corrected chi connectivity index (χ0v) is 15.5. The van der Waals surface area contributed by atoms with E-state index in [-0.39, 0.29) is 6.04 Å². The Hall–Kier alpha value is -1.66. The Kier molecular flexibility index (Phi) is 7.59. The third-order valence-corrected chi connectivity index (χ3v) is 4.45. The van der Waals surface area contributed by atoms with Gasteiger partial charge in [0.2, 0.25) is 10.0 Å². The van der Waals surface area contributed by atoms with Crippen LogP contribution in [0.5, 0.6) is 0 Å². The molecule has 1 atom stereocenters. The van der Waals surface area contributed by atoms with Gasteiger partial charge in [0.15, 0.2) is 0 Å². The number of nitrogens with zero attached hydrogens (tertiary/aromatic N) is 3. The lowest BCUT2D eigenvalue weighted by Gasteiger charge is -2.36. The Morgan fingerprint density at radius 1 is 1.46 bits per heavy atom. The molecule has 8 nitrogen and oxygen atoms in total. The number of hydrogen-bond acceptors (Lipinski definition) is 5. The highest BCUT2D eigenvalue weighted by Crippen LogP contribution is 2.24. The van der Waals surface area contributed by atoms with Crippen LogP contribution in [-0.4, -0.2) is 65.7 Å². The first kappa shape index (κ1) is 22.4. The average molecular weight is 400 g/mol. The van der Waals surface area contributed by atoms with E-state index >= 15 is 0 Å². The van der Waals surface area contributed by atoms with Crippen molar-refractivity contribution in [1.82, 2.24) is 19.4 Å². The molecule has 1 aromatic heterocycles. The van der Waals surface area contributed by atoms with Crippen LogP contribution >= 0.6 is 0 Å². The molecule has 2 rings (SSSR count). The lowest BCUT2D eigenvalue weighted by molar-refractivity contribution is -0.192. The molecule has 0 saturated heterocycles. The maximum absolute atomic E-state index is 11.1. The number of nitrogens with one attached hydrogen (secondary N) is 1. The highest BCUT2D eigenvalue weighted by atomic mass is 32.2. The number of sulfonamides is 1. The van der Waals surface area contributed by atoms with E-state index in [1.807, 2.05) is 16.9 Å². The summed E-state index contributed by atoms with van der Waals surface area (Å²) in [6.45, 7) is 6.63. The van der Waals surface area contributed by atoms with Crippen LogP contribution < -0.4 is 4.72 Å². The smallest absolute Gasteiger partial charge is 0.475 e. The zero-order chi connectivity index (χ0) is 20.1. The molecular weight excluding hydrogens is 377 g/mol. The number of aliphatic carboxylic acids is 1. The first-order valence-electron chi connectivity index (χ1n) is 7.82. The van der Waals surface area contributed by atoms with Crippen LogP contribution in [0.2, 0.25) is 0 Å². The monoisotopic (exact) mass is 400 g/mol. The average Bonchev–Trinajstić information content (AvgIpc) is 2.93. The standard InChI is InChI=1S/C12H22N4O2S.C2HF3O2/c1-10(2)15-8-11-4-6-13-16(11)12(9-15)5-7-14-19(3,17)18;3-2(4,5)1(6)7/h4,6,10,12,14H,5,7-9H2,1-3H3;(H,6,7). The molecule has 0 aromatic carbocycles. The molecule has 0 bridgehead atoms. The SMILES string of the molecule is CC(C)N1Cc2ccnn2C(CCNS(C)(=O)=O)C1.O=C(O)C(F)(F)F. The molecule has 12 heteroatoms. The molecule has 0 saturated carbocycles. The van der Waals surface area contributed by atoms with Crippen LogP contribution in [0, 0.1) is 0 Å². The molecule has 0 amide bonds. The van der Waals surface area contributed by atoms with Crippen LogP contribution in [0.25, 0.3) is 0 Å². The van der Waals surface area contributed by atoms with Gasteiger partial charge in [-0.1, -0.05) is 0 Å². The molecular formula is C14H23F3N4O4S. The number of carboxylic acid groups (broad SMARTS) is 1. The molecule has 2 heterocycles. The fraction of sp³-hybridized carbons (Fsp3) is 0.714. The molecule has 0 spiro atoms. The number of halogens is 3. The minimum atomic E-state index is -5.08. The Labute approximate surface area is 150 Å². The lowest BCUT2D eigenvalue weighted by atomic mass is 10.1. The first-order valence-corrected chi connectivity index (χ1v) is 9.71. The normalized spacial score (nSPS) is 18.2. The fourth-order valence-electron chi connectivity index (χ4n) is 2.43. The maximum atomic E-state index is 11.1. The van der Waals surface area contributed by atoms with Crippen LogP contribution in [-0.2, 0) is 21.4 Å². The van der Waals surface area contributed by atoms with Gasteiger partial charge in [0, 0.05) is 31.9 Å². The fourth-order valence-corrected chi connectivity index (χ4v) is 2.92. The summed E-state index contributed by atoms with van der Waals surface area (Å²) in [5.74, 6) is -2.76. The number of hydrogen-bond donors (Lipinski definition) is 2. The molecule has 1 aliphatic heterocycles. The van der Waals surface area contributed by atoms with E-state index in [0.29, 0.717) is 12.6 Å². The predicted octanol–water partition coefficient (Wildman–Crippen LogP) is 1.22. The number of rotatable bonds is 5. The summed E-state index contributed by atoms with van der Waals surface area (Å²) in [5, 5.41) is 11.5. The Bertz CT molecular complexity index is 703. The summed E-state index contributed by atoms with van der Waals surface area (Å²) in [6, 6.07) is 2.75. The van der Waals surface area contributed by atoms with Crippen LogP contribution in [0.1, 0.15) is 32.0 Å². The van der Waals surface area contributed by atoms with Crippen molar-refractivity contribution in [1.29, 1.82) is 0 Å². The van der Waals surface area contributed by atoms with Crippen molar-refractivity contribution in [2.75, 3.05) is 19.3 Å². The van der Waals surface area contributed by atoms with Gasteiger partial charge in [-0.3, -0.25) is 9.58 Å². The van der Waals surface area contributed by atoms with Crippen molar-refractivity contribution < 1.29 is 31.5 Å². The van der Waals surface area contributed by atoms with Gasteiger partial charge in [0.1, 0.15) is 0 Å². The van der Waals surface area contributed by atoms with Gasteiger partial charge in [0.25, 0.3) is 0 Å². The largest absolute Gasteiger partial charge is 0.490 e. The van der Waals surface area contributed by atoms with E-state index in [4.69, 9.17) is 9.90 Å². The van der Waals surface area contributed by atoms with Crippen LogP contribution in [0.15, 0.2) is 12.3 Å². The number of aromatic nitrogens is 2. The van der Waals surface area contributed by atoms with Crippen molar-refractivity contribution in [3.63, 3.8) is 0 Å². The van der Waals surface area contributed by atoms with Crippen molar-refractivity contribution in [2.45, 2.75) is 45.1 Å². The van der Waals surface area contributed by atoms with E-state index in [2.05, 4.69) is 28.6 Å². The molecule has 0 aliphatic carbocycles. The Morgan fingerprint density at radius 3 is 2.50 bits per heavy atom. The summed E-state index contributed by atoms with van der Waals surface area (Å²) in [4.78, 5) is 11.3. The van der Waals surface area contributed by atoms with Gasteiger partial charge < -0.3 is 5.11 Å². The van der Waals surface area contributed by atoms with E-state index in [9.17, 15) is 21.6 Å². The Morgan fingerprint density at radius 2 is 2.04 bits per heavy atom. The van der Waals surface area contributed by atoms with Crippen molar-refractivity contribution in [2.24, 2.45) is 0 Å². The molecule has 1 aromatic rings. The van der Waals surface area contributed by atoms with Crippen molar-refractivity contribution >= 4 is 16.0 Å². The number of alkyl halides is 3. The van der Waals surface area contributed by atoms with E-state index in [1.54, 1.807) is 0 Å². The second-order valence-corrected chi connectivity index (χ2v) is 8.04. The third kappa shape index (κ3) is 7.30. The molecule has 150 valence electrons. The van der Waals surface area contributed by atoms with Gasteiger partial charge in [-0.25, -0.2) is 17.9 Å². The molecule has 0 fully saturated rings. The quantitative estimate of drug-likeness (QED) is 0.770. The molecule has 26 heavy (non-hydrogen) atoms. The highest BCUT2D eigenvalue weighted by molar-refractivity contribution is 7.88. The van der Waals surface area contributed by atoms with Crippen molar-refractivity contribution in [3.8, 4) is 0 Å². The van der Waals surface area contributed by atoms with Crippen molar-refractivity contribution in [3.05, 3.63) is 18.0 Å². The van der Waals surface area contributed by atoms with Gasteiger partial charge in [0.05, 0.1) is 18.0 Å². The minimum absolute atomic E-state index is 0.232. The van der Waals surface area contributed by atoms with E-state index < -0.39 is 22.2 Å². The van der Waals surface area contributed by atoms with E-state index in [0.717, 1.165) is 19.5 Å².